The molecule has 0 fully saturated rings. The van der Waals surface area contributed by atoms with E-state index in [2.05, 4.69) is 52.4 Å². The van der Waals surface area contributed by atoms with Crippen LogP contribution in [0.1, 0.15) is 18.2 Å². The van der Waals surface area contributed by atoms with Crippen molar-refractivity contribution in [3.05, 3.63) is 64.3 Å². The van der Waals surface area contributed by atoms with Crippen molar-refractivity contribution in [1.29, 1.82) is 0 Å². The lowest BCUT2D eigenvalue weighted by atomic mass is 10.1. The molecule has 0 atom stereocenters. The molecule has 3 aromatic rings. The van der Waals surface area contributed by atoms with Gasteiger partial charge in [-0.05, 0) is 30.3 Å². The van der Waals surface area contributed by atoms with E-state index in [1.165, 1.54) is 10.9 Å². The lowest BCUT2D eigenvalue weighted by Gasteiger charge is -2.07. The predicted octanol–water partition coefficient (Wildman–Crippen LogP) is 5.37. The summed E-state index contributed by atoms with van der Waals surface area (Å²) in [6, 6.07) is 16.4. The van der Waals surface area contributed by atoms with E-state index in [9.17, 15) is 0 Å². The van der Waals surface area contributed by atoms with Crippen molar-refractivity contribution in [3.63, 3.8) is 0 Å². The van der Waals surface area contributed by atoms with E-state index in [0.29, 0.717) is 0 Å². The molecule has 2 aromatic carbocycles. The number of fused-ring (bicyclic) bond motifs is 1. The molecule has 0 spiro atoms. The Labute approximate surface area is 126 Å². The highest BCUT2D eigenvalue weighted by Gasteiger charge is 2.11. The average molecular weight is 330 g/mol. The van der Waals surface area contributed by atoms with Crippen molar-refractivity contribution in [2.24, 2.45) is 0 Å². The van der Waals surface area contributed by atoms with Gasteiger partial charge in [0, 0.05) is 34.1 Å². The van der Waals surface area contributed by atoms with Crippen LogP contribution in [0.5, 0.6) is 0 Å². The zero-order chi connectivity index (χ0) is 13.9. The second-order valence-corrected chi connectivity index (χ2v) is 5.63. The van der Waals surface area contributed by atoms with E-state index in [4.69, 9.17) is 4.42 Å². The van der Waals surface area contributed by atoms with Crippen molar-refractivity contribution in [1.82, 2.24) is 0 Å². The fourth-order valence-corrected chi connectivity index (χ4v) is 2.65. The van der Waals surface area contributed by atoms with Crippen molar-refractivity contribution in [3.8, 4) is 0 Å². The molecule has 0 unspecified atom stereocenters. The highest BCUT2D eigenvalue weighted by atomic mass is 79.9. The van der Waals surface area contributed by atoms with Gasteiger partial charge in [0.25, 0.3) is 0 Å². The normalized spacial score (nSPS) is 10.9. The summed E-state index contributed by atoms with van der Waals surface area (Å²) in [4.78, 5) is 0. The third-order valence-corrected chi connectivity index (χ3v) is 3.95. The van der Waals surface area contributed by atoms with E-state index in [1.807, 2.05) is 24.3 Å². The number of nitrogens with one attached hydrogen (secondary N) is 1. The molecular weight excluding hydrogens is 314 g/mol. The number of furan rings is 1. The second-order valence-electron chi connectivity index (χ2n) is 4.71. The molecule has 102 valence electrons. The van der Waals surface area contributed by atoms with Crippen LogP contribution in [0.4, 0.5) is 5.69 Å². The summed E-state index contributed by atoms with van der Waals surface area (Å²) >= 11 is 3.45. The van der Waals surface area contributed by atoms with Gasteiger partial charge in [0.2, 0.25) is 0 Å². The fourth-order valence-electron chi connectivity index (χ4n) is 2.39. The van der Waals surface area contributed by atoms with Crippen molar-refractivity contribution < 1.29 is 4.42 Å². The minimum atomic E-state index is 0.780. The first-order valence-corrected chi connectivity index (χ1v) is 7.56. The minimum Gasteiger partial charge on any atom is -0.461 e. The van der Waals surface area contributed by atoms with Crippen LogP contribution in [0.2, 0.25) is 0 Å². The summed E-state index contributed by atoms with van der Waals surface area (Å²) in [5.74, 6) is 1.07. The third-order valence-electron chi connectivity index (χ3n) is 3.42. The third kappa shape index (κ3) is 2.59. The first kappa shape index (κ1) is 13.3. The molecule has 0 aliphatic heterocycles. The van der Waals surface area contributed by atoms with Gasteiger partial charge in [-0.2, -0.15) is 0 Å². The Hall–Kier alpha value is -1.74. The van der Waals surface area contributed by atoms with Crippen molar-refractivity contribution in [2.45, 2.75) is 19.9 Å². The van der Waals surface area contributed by atoms with Crippen LogP contribution in [0, 0.1) is 0 Å². The molecule has 0 radical (unpaired) electrons. The highest BCUT2D eigenvalue weighted by molar-refractivity contribution is 9.10. The van der Waals surface area contributed by atoms with Gasteiger partial charge in [-0.1, -0.05) is 41.1 Å². The van der Waals surface area contributed by atoms with Crippen LogP contribution in [-0.4, -0.2) is 0 Å². The number of hydrogen-bond acceptors (Lipinski definition) is 2. The van der Waals surface area contributed by atoms with E-state index in [-0.39, 0.29) is 0 Å². The number of para-hydroxylation sites is 1. The summed E-state index contributed by atoms with van der Waals surface area (Å²) in [7, 11) is 0. The smallest absolute Gasteiger partial charge is 0.134 e. The number of aryl methyl sites for hydroxylation is 1. The van der Waals surface area contributed by atoms with Crippen LogP contribution in [-0.2, 0) is 13.0 Å². The van der Waals surface area contributed by atoms with E-state index in [0.717, 1.165) is 34.5 Å². The molecule has 2 nitrogen and oxygen atoms in total. The molecule has 0 saturated carbocycles. The SMILES string of the molecule is CCc1oc2ccccc2c1CNc1ccc(Br)cc1. The quantitative estimate of drug-likeness (QED) is 0.696. The van der Waals surface area contributed by atoms with Gasteiger partial charge < -0.3 is 9.73 Å². The number of halogens is 1. The lowest BCUT2D eigenvalue weighted by molar-refractivity contribution is 0.551. The van der Waals surface area contributed by atoms with E-state index < -0.39 is 0 Å². The van der Waals surface area contributed by atoms with Gasteiger partial charge in [-0.3, -0.25) is 0 Å². The molecule has 3 rings (SSSR count). The Morgan fingerprint density at radius 2 is 1.80 bits per heavy atom. The first-order valence-electron chi connectivity index (χ1n) is 6.76. The number of anilines is 1. The maximum atomic E-state index is 5.91. The van der Waals surface area contributed by atoms with Crippen molar-refractivity contribution in [2.75, 3.05) is 5.32 Å². The topological polar surface area (TPSA) is 25.2 Å². The Morgan fingerprint density at radius 1 is 1.05 bits per heavy atom. The zero-order valence-corrected chi connectivity index (χ0v) is 12.9. The summed E-state index contributed by atoms with van der Waals surface area (Å²) in [5, 5.41) is 4.66. The molecule has 1 N–H and O–H groups in total. The van der Waals surface area contributed by atoms with Crippen LogP contribution in [0.25, 0.3) is 11.0 Å². The Morgan fingerprint density at radius 3 is 2.55 bits per heavy atom. The van der Waals surface area contributed by atoms with Gasteiger partial charge in [0.05, 0.1) is 0 Å². The first-order chi connectivity index (χ1) is 9.78. The number of rotatable bonds is 4. The monoisotopic (exact) mass is 329 g/mol. The fraction of sp³-hybridized carbons (Fsp3) is 0.176. The number of hydrogen-bond donors (Lipinski definition) is 1. The van der Waals surface area contributed by atoms with Crippen LogP contribution in [0.3, 0.4) is 0 Å². The summed E-state index contributed by atoms with van der Waals surface area (Å²) < 4.78 is 7.00. The largest absolute Gasteiger partial charge is 0.461 e. The highest BCUT2D eigenvalue weighted by Crippen LogP contribution is 2.27. The van der Waals surface area contributed by atoms with Crippen LogP contribution in [0.15, 0.2) is 57.4 Å². The molecule has 3 heteroatoms. The lowest BCUT2D eigenvalue weighted by Crippen LogP contribution is -2.00. The van der Waals surface area contributed by atoms with Crippen LogP contribution >= 0.6 is 15.9 Å². The minimum absolute atomic E-state index is 0.780. The van der Waals surface area contributed by atoms with Gasteiger partial charge in [-0.15, -0.1) is 0 Å². The molecule has 20 heavy (non-hydrogen) atoms. The second kappa shape index (κ2) is 5.71. The molecule has 1 heterocycles. The Balaban J connectivity index is 1.88. The average Bonchev–Trinajstić information content (AvgIpc) is 2.84. The molecule has 0 saturated heterocycles. The molecule has 0 aliphatic carbocycles. The maximum absolute atomic E-state index is 5.91. The predicted molar refractivity (Wildman–Crippen MR) is 87.1 cm³/mol. The number of benzene rings is 2. The Kier molecular flexibility index (Phi) is 3.79. The van der Waals surface area contributed by atoms with Crippen molar-refractivity contribution >= 4 is 32.6 Å². The maximum Gasteiger partial charge on any atom is 0.134 e. The van der Waals surface area contributed by atoms with Gasteiger partial charge in [0.15, 0.2) is 0 Å². The Bertz CT molecular complexity index is 715. The standard InChI is InChI=1S/C17H16BrNO/c1-2-16-15(14-5-3-4-6-17(14)20-16)11-19-13-9-7-12(18)8-10-13/h3-10,19H,2,11H2,1H3. The molecule has 0 bridgehead atoms. The molecule has 0 aliphatic rings. The summed E-state index contributed by atoms with van der Waals surface area (Å²) in [5.41, 5.74) is 3.34. The zero-order valence-electron chi connectivity index (χ0n) is 11.3. The molecular formula is C17H16BrNO. The molecule has 0 amide bonds. The van der Waals surface area contributed by atoms with E-state index in [1.54, 1.807) is 0 Å². The van der Waals surface area contributed by atoms with Gasteiger partial charge in [-0.25, -0.2) is 0 Å². The molecule has 1 aromatic heterocycles. The van der Waals surface area contributed by atoms with Gasteiger partial charge >= 0.3 is 0 Å². The summed E-state index contributed by atoms with van der Waals surface area (Å²) in [6.45, 7) is 2.91. The van der Waals surface area contributed by atoms with E-state index >= 15 is 0 Å². The van der Waals surface area contributed by atoms with Crippen LogP contribution < -0.4 is 5.32 Å². The van der Waals surface area contributed by atoms with Gasteiger partial charge in [0.1, 0.15) is 11.3 Å². The summed E-state index contributed by atoms with van der Waals surface area (Å²) in [6.07, 6.45) is 0.909.